The molecular weight excluding hydrogens is 499 g/mol. The second-order valence-corrected chi connectivity index (χ2v) is 19.2. The first kappa shape index (κ1) is 32.3. The number of hydrogen-bond donors (Lipinski definition) is 1. The fourth-order valence-corrected chi connectivity index (χ4v) is 8.19. The van der Waals surface area contributed by atoms with Gasteiger partial charge in [-0.3, -0.25) is 0 Å². The molecule has 0 amide bonds. The predicted molar refractivity (Wildman–Crippen MR) is 168 cm³/mol. The molecule has 3 aliphatic rings. The maximum atomic E-state index is 15.1. The van der Waals surface area contributed by atoms with E-state index >= 15 is 4.39 Å². The molecule has 0 heterocycles. The van der Waals surface area contributed by atoms with Crippen molar-refractivity contribution in [3.8, 4) is 0 Å². The molecule has 39 heavy (non-hydrogen) atoms. The third-order valence-corrected chi connectivity index (χ3v) is 15.3. The van der Waals surface area contributed by atoms with E-state index in [0.717, 1.165) is 44.1 Å². The van der Waals surface area contributed by atoms with Crippen LogP contribution in [0.25, 0.3) is 0 Å². The van der Waals surface area contributed by atoms with Crippen molar-refractivity contribution in [2.24, 2.45) is 17.3 Å². The van der Waals surface area contributed by atoms with Gasteiger partial charge in [0, 0.05) is 6.42 Å². The number of hydrogen-bond acceptors (Lipinski definition) is 2. The van der Waals surface area contributed by atoms with E-state index in [4.69, 9.17) is 4.43 Å². The van der Waals surface area contributed by atoms with Crippen molar-refractivity contribution < 1.29 is 13.9 Å². The highest BCUT2D eigenvalue weighted by atomic mass is 28.4. The van der Waals surface area contributed by atoms with Gasteiger partial charge in [0.2, 0.25) is 0 Å². The van der Waals surface area contributed by atoms with E-state index in [2.05, 4.69) is 78.6 Å². The van der Waals surface area contributed by atoms with Crippen LogP contribution in [0.3, 0.4) is 0 Å². The normalized spacial score (nSPS) is 31.7. The van der Waals surface area contributed by atoms with Crippen LogP contribution >= 0.6 is 0 Å². The lowest BCUT2D eigenvalue weighted by molar-refractivity contribution is 0.0824. The van der Waals surface area contributed by atoms with Crippen molar-refractivity contribution in [2.45, 2.75) is 142 Å². The van der Waals surface area contributed by atoms with E-state index in [1.54, 1.807) is 5.57 Å². The highest BCUT2D eigenvalue weighted by molar-refractivity contribution is 6.74. The first-order valence-electron chi connectivity index (χ1n) is 15.6. The van der Waals surface area contributed by atoms with E-state index in [0.29, 0.717) is 23.8 Å². The van der Waals surface area contributed by atoms with Crippen LogP contribution < -0.4 is 0 Å². The lowest BCUT2D eigenvalue weighted by atomic mass is 9.62. The summed E-state index contributed by atoms with van der Waals surface area (Å²) in [4.78, 5) is 0. The molecular formula is C35H57FO2Si. The van der Waals surface area contributed by atoms with Gasteiger partial charge in [-0.1, -0.05) is 96.6 Å². The Labute approximate surface area is 240 Å². The van der Waals surface area contributed by atoms with Gasteiger partial charge in [0.05, 0.1) is 11.7 Å². The van der Waals surface area contributed by atoms with E-state index in [-0.39, 0.29) is 16.6 Å². The highest BCUT2D eigenvalue weighted by Crippen LogP contribution is 2.57. The maximum Gasteiger partial charge on any atom is 0.192 e. The van der Waals surface area contributed by atoms with Crippen LogP contribution in [0.2, 0.25) is 18.1 Å². The van der Waals surface area contributed by atoms with Crippen molar-refractivity contribution in [3.63, 3.8) is 0 Å². The van der Waals surface area contributed by atoms with Crippen molar-refractivity contribution in [1.82, 2.24) is 0 Å². The predicted octanol–water partition coefficient (Wildman–Crippen LogP) is 10.2. The maximum absolute atomic E-state index is 15.1. The summed E-state index contributed by atoms with van der Waals surface area (Å²) >= 11 is 0. The van der Waals surface area contributed by atoms with Crippen LogP contribution in [0.5, 0.6) is 0 Å². The SMILES string of the molecule is C=C1C(=CC=C2CCC[C@]3(C)C([C@@H](C)CC=CC(O)(CC)CC)=CCC23)C[C@@H](O[Si](C)(C)C(C)(C)C)C[C@@H]1F. The van der Waals surface area contributed by atoms with Gasteiger partial charge in [-0.15, -0.1) is 0 Å². The van der Waals surface area contributed by atoms with Gasteiger partial charge in [0.1, 0.15) is 6.17 Å². The molecule has 2 fully saturated rings. The topological polar surface area (TPSA) is 29.5 Å². The molecule has 1 unspecified atom stereocenters. The Morgan fingerprint density at radius 2 is 1.90 bits per heavy atom. The molecule has 0 bridgehead atoms. The molecule has 0 saturated heterocycles. The third-order valence-electron chi connectivity index (χ3n) is 10.8. The molecule has 0 aromatic rings. The minimum absolute atomic E-state index is 0.0700. The zero-order valence-electron chi connectivity index (χ0n) is 26.5. The molecule has 0 aromatic heterocycles. The van der Waals surface area contributed by atoms with Crippen LogP contribution in [0.4, 0.5) is 4.39 Å². The van der Waals surface area contributed by atoms with Gasteiger partial charge in [-0.25, -0.2) is 4.39 Å². The van der Waals surface area contributed by atoms with E-state index in [9.17, 15) is 5.11 Å². The summed E-state index contributed by atoms with van der Waals surface area (Å²) < 4.78 is 21.7. The van der Waals surface area contributed by atoms with Crippen molar-refractivity contribution in [1.29, 1.82) is 0 Å². The third kappa shape index (κ3) is 7.16. The second kappa shape index (κ2) is 12.3. The molecule has 4 heteroatoms. The summed E-state index contributed by atoms with van der Waals surface area (Å²) in [5, 5.41) is 10.7. The Kier molecular flexibility index (Phi) is 10.2. The largest absolute Gasteiger partial charge is 0.413 e. The molecule has 2 saturated carbocycles. The van der Waals surface area contributed by atoms with Crippen molar-refractivity contribution in [3.05, 3.63) is 59.3 Å². The first-order valence-corrected chi connectivity index (χ1v) is 18.5. The van der Waals surface area contributed by atoms with Crippen LogP contribution in [0, 0.1) is 17.3 Å². The molecule has 220 valence electrons. The number of allylic oxidation sites excluding steroid dienone is 7. The Morgan fingerprint density at radius 1 is 1.23 bits per heavy atom. The minimum atomic E-state index is -1.96. The fourth-order valence-electron chi connectivity index (χ4n) is 6.82. The summed E-state index contributed by atoms with van der Waals surface area (Å²) in [5.41, 5.74) is 4.27. The molecule has 0 aromatic carbocycles. The monoisotopic (exact) mass is 556 g/mol. The molecule has 0 spiro atoms. The van der Waals surface area contributed by atoms with Gasteiger partial charge in [-0.05, 0) is 97.9 Å². The van der Waals surface area contributed by atoms with Crippen molar-refractivity contribution in [2.75, 3.05) is 0 Å². The Bertz CT molecular complexity index is 1010. The molecule has 0 radical (unpaired) electrons. The lowest BCUT2D eigenvalue weighted by Gasteiger charge is -2.42. The summed E-state index contributed by atoms with van der Waals surface area (Å²) in [6, 6.07) is 0. The van der Waals surface area contributed by atoms with E-state index < -0.39 is 20.1 Å². The van der Waals surface area contributed by atoms with Gasteiger partial charge >= 0.3 is 0 Å². The summed E-state index contributed by atoms with van der Waals surface area (Å²) in [6.45, 7) is 24.3. The highest BCUT2D eigenvalue weighted by Gasteiger charge is 2.46. The number of alkyl halides is 1. The van der Waals surface area contributed by atoms with Crippen LogP contribution in [-0.4, -0.2) is 31.3 Å². The van der Waals surface area contributed by atoms with Crippen LogP contribution in [0.15, 0.2) is 59.3 Å². The Morgan fingerprint density at radius 3 is 2.51 bits per heavy atom. The molecule has 0 aliphatic heterocycles. The van der Waals surface area contributed by atoms with Gasteiger partial charge in [0.15, 0.2) is 8.32 Å². The standard InChI is InChI=1S/C35H57FO2Si/c1-11-35(37,12-2)22-13-15-25(3)30-19-20-31-27(16-14-21-34(30,31)8)17-18-28-23-29(24-32(36)26(28)4)38-39(9,10)33(5,6)7/h13,17-19,22,25,29,31-32,37H,4,11-12,14-16,20-21,23-24H2,1-3,5-10H3/t25-,29+,31?,32-,34+/m0/s1. The molecule has 5 atom stereocenters. The van der Waals surface area contributed by atoms with Gasteiger partial charge < -0.3 is 9.53 Å². The minimum Gasteiger partial charge on any atom is -0.413 e. The second-order valence-electron chi connectivity index (χ2n) is 14.4. The fraction of sp³-hybridized carbons (Fsp3) is 0.714. The number of fused-ring (bicyclic) bond motifs is 1. The van der Waals surface area contributed by atoms with Crippen LogP contribution in [0.1, 0.15) is 106 Å². The van der Waals surface area contributed by atoms with E-state index in [1.807, 2.05) is 19.9 Å². The smallest absolute Gasteiger partial charge is 0.192 e. The van der Waals surface area contributed by atoms with Crippen LogP contribution in [-0.2, 0) is 4.43 Å². The van der Waals surface area contributed by atoms with Gasteiger partial charge in [0.25, 0.3) is 0 Å². The molecule has 1 N–H and O–H groups in total. The number of halogens is 1. The molecule has 2 nitrogen and oxygen atoms in total. The quantitative estimate of drug-likeness (QED) is 0.226. The summed E-state index contributed by atoms with van der Waals surface area (Å²) in [5.74, 6) is 0.982. The average molecular weight is 557 g/mol. The zero-order chi connectivity index (χ0) is 29.2. The number of aliphatic hydroxyl groups is 1. The summed E-state index contributed by atoms with van der Waals surface area (Å²) in [7, 11) is -1.96. The zero-order valence-corrected chi connectivity index (χ0v) is 27.5. The van der Waals surface area contributed by atoms with Gasteiger partial charge in [-0.2, -0.15) is 0 Å². The Balaban J connectivity index is 1.75. The molecule has 3 aliphatic carbocycles. The lowest BCUT2D eigenvalue weighted by Crippen LogP contribution is -2.45. The number of rotatable bonds is 9. The Hall–Kier alpha value is -1.23. The average Bonchev–Trinajstić information content (AvgIpc) is 3.21. The van der Waals surface area contributed by atoms with Crippen molar-refractivity contribution >= 4 is 8.32 Å². The first-order chi connectivity index (χ1) is 18.1. The summed E-state index contributed by atoms with van der Waals surface area (Å²) in [6.07, 6.45) is 18.4. The molecule has 3 rings (SSSR count). The van der Waals surface area contributed by atoms with E-state index in [1.165, 1.54) is 18.4 Å².